The standard InChI is InChI=1S/C41H39N3O6S2/c1-4-35(39(47)44-40-36(41(48)50-6-3)33(26-51-40)28-14-9-7-10-15-28)52-32-19-13-18-30(25-32)42-38(46)34(43-37(45)29-16-11-8-12-17-29)24-27-20-22-31(23-21-27)49-5-2/h7-26,35H,4-6H2,1-3H3,(H,42,46)(H,43,45)(H,44,47)/b34-24+. The number of anilines is 2. The van der Waals surface area contributed by atoms with E-state index in [1.165, 1.54) is 23.1 Å². The summed E-state index contributed by atoms with van der Waals surface area (Å²) in [6, 6.07) is 32.5. The second-order valence-corrected chi connectivity index (χ2v) is 13.5. The molecule has 0 aliphatic carbocycles. The molecule has 52 heavy (non-hydrogen) atoms. The third-order valence-corrected chi connectivity index (χ3v) is 9.91. The summed E-state index contributed by atoms with van der Waals surface area (Å²) in [4.78, 5) is 54.2. The fourth-order valence-corrected chi connectivity index (χ4v) is 7.12. The fraction of sp³-hybridized carbons (Fsp3) is 0.171. The molecule has 3 N–H and O–H groups in total. The lowest BCUT2D eigenvalue weighted by molar-refractivity contribution is -0.116. The molecule has 1 atom stereocenters. The Labute approximate surface area is 311 Å². The Hall–Kier alpha value is -5.65. The number of thiophene rings is 1. The van der Waals surface area contributed by atoms with Gasteiger partial charge in [-0.1, -0.05) is 73.7 Å². The number of carbonyl (C=O) groups is 4. The van der Waals surface area contributed by atoms with Crippen LogP contribution in [0.4, 0.5) is 10.7 Å². The van der Waals surface area contributed by atoms with Crippen LogP contribution in [0.25, 0.3) is 17.2 Å². The summed E-state index contributed by atoms with van der Waals surface area (Å²) in [7, 11) is 0. The highest BCUT2D eigenvalue weighted by molar-refractivity contribution is 8.00. The highest BCUT2D eigenvalue weighted by atomic mass is 32.2. The maximum Gasteiger partial charge on any atom is 0.341 e. The Balaban J connectivity index is 1.32. The lowest BCUT2D eigenvalue weighted by atomic mass is 10.0. The largest absolute Gasteiger partial charge is 0.494 e. The van der Waals surface area contributed by atoms with Crippen molar-refractivity contribution in [3.05, 3.63) is 137 Å². The van der Waals surface area contributed by atoms with Gasteiger partial charge in [0.1, 0.15) is 22.0 Å². The average Bonchev–Trinajstić information content (AvgIpc) is 3.58. The average molecular weight is 734 g/mol. The van der Waals surface area contributed by atoms with Crippen molar-refractivity contribution in [2.75, 3.05) is 23.8 Å². The third kappa shape index (κ3) is 9.99. The molecule has 4 aromatic carbocycles. The van der Waals surface area contributed by atoms with Gasteiger partial charge in [0.05, 0.1) is 18.5 Å². The van der Waals surface area contributed by atoms with E-state index in [-0.39, 0.29) is 18.2 Å². The second kappa shape index (κ2) is 18.5. The molecule has 1 unspecified atom stereocenters. The first-order valence-electron chi connectivity index (χ1n) is 16.8. The summed E-state index contributed by atoms with van der Waals surface area (Å²) >= 11 is 2.61. The molecule has 0 spiro atoms. The first-order valence-corrected chi connectivity index (χ1v) is 18.6. The minimum Gasteiger partial charge on any atom is -0.494 e. The molecule has 0 saturated carbocycles. The smallest absolute Gasteiger partial charge is 0.341 e. The zero-order valence-electron chi connectivity index (χ0n) is 29.0. The van der Waals surface area contributed by atoms with E-state index < -0.39 is 23.0 Å². The van der Waals surface area contributed by atoms with Crippen molar-refractivity contribution in [2.24, 2.45) is 0 Å². The number of rotatable bonds is 15. The van der Waals surface area contributed by atoms with Crippen molar-refractivity contribution in [1.82, 2.24) is 5.32 Å². The van der Waals surface area contributed by atoms with E-state index in [2.05, 4.69) is 16.0 Å². The summed E-state index contributed by atoms with van der Waals surface area (Å²) in [6.07, 6.45) is 2.10. The molecule has 266 valence electrons. The molecular weight excluding hydrogens is 695 g/mol. The van der Waals surface area contributed by atoms with Crippen LogP contribution in [0, 0.1) is 0 Å². The first kappa shape index (κ1) is 37.6. The van der Waals surface area contributed by atoms with Gasteiger partial charge in [0, 0.05) is 27.1 Å². The van der Waals surface area contributed by atoms with Crippen molar-refractivity contribution in [3.8, 4) is 16.9 Å². The van der Waals surface area contributed by atoms with Crippen molar-refractivity contribution >= 4 is 63.6 Å². The van der Waals surface area contributed by atoms with E-state index in [0.717, 1.165) is 10.5 Å². The van der Waals surface area contributed by atoms with Crippen LogP contribution in [0.3, 0.4) is 0 Å². The zero-order chi connectivity index (χ0) is 36.9. The van der Waals surface area contributed by atoms with E-state index in [9.17, 15) is 19.2 Å². The summed E-state index contributed by atoms with van der Waals surface area (Å²) in [5.74, 6) is -1.03. The second-order valence-electron chi connectivity index (χ2n) is 11.3. The molecule has 3 amide bonds. The van der Waals surface area contributed by atoms with Gasteiger partial charge in [-0.05, 0) is 79.9 Å². The molecule has 0 aliphatic heterocycles. The topological polar surface area (TPSA) is 123 Å². The Bertz CT molecular complexity index is 2030. The van der Waals surface area contributed by atoms with Gasteiger partial charge in [0.15, 0.2) is 0 Å². The summed E-state index contributed by atoms with van der Waals surface area (Å²) in [6.45, 7) is 6.28. The number of carbonyl (C=O) groups excluding carboxylic acids is 4. The van der Waals surface area contributed by atoms with Crippen molar-refractivity contribution in [3.63, 3.8) is 0 Å². The Morgan fingerprint density at radius 2 is 1.52 bits per heavy atom. The Morgan fingerprint density at radius 3 is 2.19 bits per heavy atom. The minimum atomic E-state index is -0.525. The van der Waals surface area contributed by atoms with Crippen LogP contribution < -0.4 is 20.7 Å². The Morgan fingerprint density at radius 1 is 0.808 bits per heavy atom. The van der Waals surface area contributed by atoms with Crippen molar-refractivity contribution in [1.29, 1.82) is 0 Å². The van der Waals surface area contributed by atoms with E-state index in [1.54, 1.807) is 79.7 Å². The van der Waals surface area contributed by atoms with Gasteiger partial charge in [-0.2, -0.15) is 0 Å². The van der Waals surface area contributed by atoms with Crippen LogP contribution in [0.2, 0.25) is 0 Å². The molecule has 11 heteroatoms. The normalized spacial score (nSPS) is 11.6. The van der Waals surface area contributed by atoms with Crippen LogP contribution in [0.15, 0.2) is 125 Å². The van der Waals surface area contributed by atoms with Crippen molar-refractivity contribution < 1.29 is 28.7 Å². The SMILES string of the molecule is CCOC(=O)c1c(-c2ccccc2)csc1NC(=O)C(CC)Sc1cccc(NC(=O)/C(=C\c2ccc(OCC)cc2)NC(=O)c2ccccc2)c1. The summed E-state index contributed by atoms with van der Waals surface area (Å²) in [5, 5.41) is 10.4. The fourth-order valence-electron chi connectivity index (χ4n) is 5.15. The third-order valence-electron chi connectivity index (χ3n) is 7.66. The number of hydrogen-bond acceptors (Lipinski definition) is 8. The van der Waals surface area contributed by atoms with Gasteiger partial charge in [-0.15, -0.1) is 23.1 Å². The van der Waals surface area contributed by atoms with E-state index in [1.807, 2.05) is 61.7 Å². The van der Waals surface area contributed by atoms with Gasteiger partial charge < -0.3 is 25.4 Å². The predicted octanol–water partition coefficient (Wildman–Crippen LogP) is 8.91. The molecule has 9 nitrogen and oxygen atoms in total. The quantitative estimate of drug-likeness (QED) is 0.0558. The molecular formula is C41H39N3O6S2. The number of esters is 1. The number of benzene rings is 4. The number of hydrogen-bond donors (Lipinski definition) is 3. The van der Waals surface area contributed by atoms with Crippen molar-refractivity contribution in [2.45, 2.75) is 37.3 Å². The highest BCUT2D eigenvalue weighted by Crippen LogP contribution is 2.37. The number of amides is 3. The van der Waals surface area contributed by atoms with Crippen LogP contribution in [-0.2, 0) is 14.3 Å². The number of thioether (sulfide) groups is 1. The van der Waals surface area contributed by atoms with Gasteiger partial charge >= 0.3 is 5.97 Å². The summed E-state index contributed by atoms with van der Waals surface area (Å²) in [5.41, 5.74) is 3.49. The highest BCUT2D eigenvalue weighted by Gasteiger charge is 2.26. The number of ether oxygens (including phenoxy) is 2. The Kier molecular flexibility index (Phi) is 13.4. The van der Waals surface area contributed by atoms with E-state index in [4.69, 9.17) is 9.47 Å². The van der Waals surface area contributed by atoms with Crippen LogP contribution in [0.5, 0.6) is 5.75 Å². The van der Waals surface area contributed by atoms with Crippen LogP contribution >= 0.6 is 23.1 Å². The molecule has 0 saturated heterocycles. The number of nitrogens with one attached hydrogen (secondary N) is 3. The molecule has 0 bridgehead atoms. The molecule has 0 fully saturated rings. The monoisotopic (exact) mass is 733 g/mol. The molecule has 5 aromatic rings. The van der Waals surface area contributed by atoms with Gasteiger partial charge in [0.2, 0.25) is 5.91 Å². The maximum absolute atomic E-state index is 13.7. The molecule has 0 radical (unpaired) electrons. The molecule has 5 rings (SSSR count). The molecule has 1 aromatic heterocycles. The summed E-state index contributed by atoms with van der Waals surface area (Å²) < 4.78 is 10.9. The molecule has 1 heterocycles. The minimum absolute atomic E-state index is 0.0464. The van der Waals surface area contributed by atoms with Gasteiger partial charge in [-0.25, -0.2) is 4.79 Å². The van der Waals surface area contributed by atoms with Gasteiger partial charge in [0.25, 0.3) is 11.8 Å². The first-order chi connectivity index (χ1) is 25.3. The van der Waals surface area contributed by atoms with E-state index >= 15 is 0 Å². The van der Waals surface area contributed by atoms with Crippen LogP contribution in [0.1, 0.15) is 53.5 Å². The lowest BCUT2D eigenvalue weighted by Crippen LogP contribution is -2.30. The zero-order valence-corrected chi connectivity index (χ0v) is 30.6. The molecule has 0 aliphatic rings. The predicted molar refractivity (Wildman–Crippen MR) is 209 cm³/mol. The van der Waals surface area contributed by atoms with E-state index in [0.29, 0.717) is 51.7 Å². The maximum atomic E-state index is 13.7. The lowest BCUT2D eigenvalue weighted by Gasteiger charge is -2.16. The van der Waals surface area contributed by atoms with Crippen LogP contribution in [-0.4, -0.2) is 42.2 Å². The van der Waals surface area contributed by atoms with Gasteiger partial charge in [-0.3, -0.25) is 14.4 Å².